The van der Waals surface area contributed by atoms with Gasteiger partial charge in [-0.1, -0.05) is 11.6 Å². The van der Waals surface area contributed by atoms with Crippen molar-refractivity contribution in [3.05, 3.63) is 28.2 Å². The van der Waals surface area contributed by atoms with Crippen LogP contribution in [0.3, 0.4) is 0 Å². The maximum Gasteiger partial charge on any atom is 0.137 e. The Morgan fingerprint density at radius 1 is 1.54 bits per heavy atom. The Bertz CT molecular complexity index is 463. The molecular formula is C8H6ClN3S. The number of halogens is 1. The molecule has 0 aliphatic rings. The molecule has 0 atom stereocenters. The molecular weight excluding hydrogens is 206 g/mol. The number of hydrogen-bond acceptors (Lipinski definition) is 4. The van der Waals surface area contributed by atoms with Gasteiger partial charge in [0.1, 0.15) is 5.01 Å². The van der Waals surface area contributed by atoms with E-state index in [4.69, 9.17) is 17.4 Å². The summed E-state index contributed by atoms with van der Waals surface area (Å²) in [4.78, 5) is 4.27. The van der Waals surface area contributed by atoms with Crippen LogP contribution >= 0.6 is 22.9 Å². The van der Waals surface area contributed by atoms with Crippen molar-refractivity contribution in [1.82, 2.24) is 4.98 Å². The Hall–Kier alpha value is -1.13. The summed E-state index contributed by atoms with van der Waals surface area (Å²) in [6, 6.07) is 5.59. The molecule has 3 nitrogen and oxygen atoms in total. The lowest BCUT2D eigenvalue weighted by atomic mass is 10.3. The van der Waals surface area contributed by atoms with Crippen LogP contribution in [0, 0.1) is 0 Å². The molecule has 0 aliphatic carbocycles. The van der Waals surface area contributed by atoms with E-state index in [1.807, 2.05) is 18.2 Å². The first kappa shape index (κ1) is 8.47. The summed E-state index contributed by atoms with van der Waals surface area (Å²) in [5, 5.41) is 4.89. The third-order valence-electron chi connectivity index (χ3n) is 1.55. The van der Waals surface area contributed by atoms with E-state index in [1.165, 1.54) is 17.6 Å². The van der Waals surface area contributed by atoms with Crippen molar-refractivity contribution in [2.45, 2.75) is 0 Å². The average molecular weight is 212 g/mol. The maximum absolute atomic E-state index is 5.81. The molecule has 0 saturated heterocycles. The Balaban J connectivity index is 2.62. The van der Waals surface area contributed by atoms with Gasteiger partial charge >= 0.3 is 0 Å². The molecule has 13 heavy (non-hydrogen) atoms. The van der Waals surface area contributed by atoms with E-state index in [2.05, 4.69) is 10.1 Å². The van der Waals surface area contributed by atoms with Crippen molar-refractivity contribution in [2.75, 3.05) is 0 Å². The molecule has 0 bridgehead atoms. The summed E-state index contributed by atoms with van der Waals surface area (Å²) in [5.74, 6) is 5.02. The zero-order valence-corrected chi connectivity index (χ0v) is 8.14. The minimum Gasteiger partial charge on any atom is -0.323 e. The van der Waals surface area contributed by atoms with Crippen LogP contribution in [-0.4, -0.2) is 11.2 Å². The molecule has 0 saturated carbocycles. The first-order valence-corrected chi connectivity index (χ1v) is 4.78. The minimum atomic E-state index is 0.689. The summed E-state index contributed by atoms with van der Waals surface area (Å²) in [7, 11) is 0. The maximum atomic E-state index is 5.81. The molecule has 0 fully saturated rings. The molecule has 2 rings (SSSR count). The Morgan fingerprint density at radius 3 is 3.15 bits per heavy atom. The minimum absolute atomic E-state index is 0.689. The van der Waals surface area contributed by atoms with E-state index in [0.717, 1.165) is 15.2 Å². The second kappa shape index (κ2) is 3.32. The van der Waals surface area contributed by atoms with Gasteiger partial charge in [0.15, 0.2) is 0 Å². The van der Waals surface area contributed by atoms with Crippen LogP contribution in [0.5, 0.6) is 0 Å². The third-order valence-corrected chi connectivity index (χ3v) is 2.76. The van der Waals surface area contributed by atoms with Crippen molar-refractivity contribution in [2.24, 2.45) is 10.9 Å². The van der Waals surface area contributed by atoms with Gasteiger partial charge in [0.25, 0.3) is 0 Å². The van der Waals surface area contributed by atoms with Crippen molar-refractivity contribution < 1.29 is 0 Å². The number of aromatic nitrogens is 1. The lowest BCUT2D eigenvalue weighted by molar-refractivity contribution is 1.26. The van der Waals surface area contributed by atoms with Crippen molar-refractivity contribution in [1.29, 1.82) is 0 Å². The molecule has 0 amide bonds. The zero-order chi connectivity index (χ0) is 9.26. The van der Waals surface area contributed by atoms with Crippen molar-refractivity contribution in [3.63, 3.8) is 0 Å². The van der Waals surface area contributed by atoms with Crippen LogP contribution in [0.15, 0.2) is 23.3 Å². The first-order chi connectivity index (χ1) is 6.29. The van der Waals surface area contributed by atoms with Gasteiger partial charge in [-0.3, -0.25) is 0 Å². The van der Waals surface area contributed by atoms with E-state index in [9.17, 15) is 0 Å². The highest BCUT2D eigenvalue weighted by Crippen LogP contribution is 2.23. The second-order valence-electron chi connectivity index (χ2n) is 2.44. The van der Waals surface area contributed by atoms with E-state index in [-0.39, 0.29) is 0 Å². The van der Waals surface area contributed by atoms with Crippen LogP contribution in [0.2, 0.25) is 5.02 Å². The summed E-state index contributed by atoms with van der Waals surface area (Å²) in [6.45, 7) is 0. The summed E-state index contributed by atoms with van der Waals surface area (Å²) < 4.78 is 1.08. The van der Waals surface area contributed by atoms with Crippen molar-refractivity contribution >= 4 is 39.4 Å². The smallest absolute Gasteiger partial charge is 0.137 e. The van der Waals surface area contributed by atoms with Gasteiger partial charge in [0, 0.05) is 5.02 Å². The number of hydrogen-bond donors (Lipinski definition) is 1. The number of fused-ring (bicyclic) bond motifs is 1. The van der Waals surface area contributed by atoms with Crippen LogP contribution in [0.4, 0.5) is 0 Å². The summed E-state index contributed by atoms with van der Waals surface area (Å²) in [5.41, 5.74) is 0.882. The quantitative estimate of drug-likeness (QED) is 0.447. The van der Waals surface area contributed by atoms with Crippen LogP contribution in [0.1, 0.15) is 5.01 Å². The van der Waals surface area contributed by atoms with Gasteiger partial charge in [-0.25, -0.2) is 4.98 Å². The number of nitrogens with two attached hydrogens (primary N) is 1. The Kier molecular flexibility index (Phi) is 2.16. The topological polar surface area (TPSA) is 51.3 Å². The SMILES string of the molecule is NN=Cc1nc2cc(Cl)ccc2s1. The number of rotatable bonds is 1. The Labute approximate surface area is 83.8 Å². The molecule has 0 unspecified atom stereocenters. The molecule has 0 spiro atoms. The highest BCUT2D eigenvalue weighted by atomic mass is 35.5. The van der Waals surface area contributed by atoms with E-state index >= 15 is 0 Å². The lowest BCUT2D eigenvalue weighted by Crippen LogP contribution is -1.83. The largest absolute Gasteiger partial charge is 0.323 e. The molecule has 1 aromatic carbocycles. The average Bonchev–Trinajstić information content (AvgIpc) is 2.46. The fourth-order valence-corrected chi connectivity index (χ4v) is 2.03. The van der Waals surface area contributed by atoms with Gasteiger partial charge in [0.2, 0.25) is 0 Å². The Morgan fingerprint density at radius 2 is 2.38 bits per heavy atom. The van der Waals surface area contributed by atoms with Gasteiger partial charge in [-0.05, 0) is 18.2 Å². The van der Waals surface area contributed by atoms with Crippen LogP contribution < -0.4 is 5.84 Å². The van der Waals surface area contributed by atoms with Crippen LogP contribution in [0.25, 0.3) is 10.2 Å². The van der Waals surface area contributed by atoms with E-state index < -0.39 is 0 Å². The van der Waals surface area contributed by atoms with Gasteiger partial charge in [-0.2, -0.15) is 5.10 Å². The predicted molar refractivity (Wildman–Crippen MR) is 56.4 cm³/mol. The fourth-order valence-electron chi connectivity index (χ4n) is 1.04. The number of hydrazone groups is 1. The first-order valence-electron chi connectivity index (χ1n) is 3.59. The normalized spacial score (nSPS) is 11.5. The highest BCUT2D eigenvalue weighted by molar-refractivity contribution is 7.20. The molecule has 0 radical (unpaired) electrons. The number of benzene rings is 1. The standard InChI is InChI=1S/C8H6ClN3S/c9-5-1-2-7-6(3-5)12-8(13-7)4-11-10/h1-4H,10H2. The van der Waals surface area contributed by atoms with Gasteiger partial charge < -0.3 is 5.84 Å². The summed E-state index contributed by atoms with van der Waals surface area (Å²) >= 11 is 7.34. The van der Waals surface area contributed by atoms with Crippen molar-refractivity contribution in [3.8, 4) is 0 Å². The number of nitrogens with zero attached hydrogens (tertiary/aromatic N) is 2. The highest BCUT2D eigenvalue weighted by Gasteiger charge is 2.01. The fraction of sp³-hybridized carbons (Fsp3) is 0. The third kappa shape index (κ3) is 1.64. The molecule has 2 N–H and O–H groups in total. The molecule has 1 heterocycles. The molecule has 0 aliphatic heterocycles. The van der Waals surface area contributed by atoms with E-state index in [1.54, 1.807) is 0 Å². The molecule has 66 valence electrons. The zero-order valence-electron chi connectivity index (χ0n) is 6.57. The number of thiazole rings is 1. The monoisotopic (exact) mass is 211 g/mol. The summed E-state index contributed by atoms with van der Waals surface area (Å²) in [6.07, 6.45) is 1.53. The molecule has 1 aromatic heterocycles. The molecule has 2 aromatic rings. The van der Waals surface area contributed by atoms with E-state index in [0.29, 0.717) is 5.02 Å². The molecule has 5 heteroatoms. The van der Waals surface area contributed by atoms with Gasteiger partial charge in [0.05, 0.1) is 16.4 Å². The van der Waals surface area contributed by atoms with Crippen LogP contribution in [-0.2, 0) is 0 Å². The predicted octanol–water partition coefficient (Wildman–Crippen LogP) is 2.24. The van der Waals surface area contributed by atoms with Gasteiger partial charge in [-0.15, -0.1) is 11.3 Å². The second-order valence-corrected chi connectivity index (χ2v) is 3.94. The lowest BCUT2D eigenvalue weighted by Gasteiger charge is -1.86.